The molecule has 0 atom stereocenters. The Bertz CT molecular complexity index is 1230. The summed E-state index contributed by atoms with van der Waals surface area (Å²) in [7, 11) is -3.96. The van der Waals surface area contributed by atoms with Gasteiger partial charge in [-0.3, -0.25) is 9.10 Å². The summed E-state index contributed by atoms with van der Waals surface area (Å²) in [6.07, 6.45) is 0. The van der Waals surface area contributed by atoms with Crippen molar-refractivity contribution in [2.75, 3.05) is 23.1 Å². The van der Waals surface area contributed by atoms with Crippen molar-refractivity contribution in [3.05, 3.63) is 94.0 Å². The molecule has 34 heavy (non-hydrogen) atoms. The molecule has 0 aromatic heterocycles. The van der Waals surface area contributed by atoms with Gasteiger partial charge >= 0.3 is 0 Å². The topological polar surface area (TPSA) is 66.5 Å². The first-order valence-electron chi connectivity index (χ1n) is 10.9. The number of hydrogen-bond acceptors (Lipinski definition) is 4. The number of nitrogens with one attached hydrogen (secondary N) is 1. The summed E-state index contributed by atoms with van der Waals surface area (Å²) >= 11 is 7.65. The number of nitrogens with zero attached hydrogens (tertiary/aromatic N) is 1. The highest BCUT2D eigenvalue weighted by Gasteiger charge is 2.27. The summed E-state index contributed by atoms with van der Waals surface area (Å²) in [6, 6.07) is 19.7. The molecule has 5 nitrogen and oxygen atoms in total. The number of sulfonamides is 1. The number of aryl methyl sites for hydroxylation is 3. The second-order valence-electron chi connectivity index (χ2n) is 8.12. The number of benzene rings is 3. The van der Waals surface area contributed by atoms with Gasteiger partial charge in [-0.2, -0.15) is 11.8 Å². The summed E-state index contributed by atoms with van der Waals surface area (Å²) in [5.74, 6) is 1.23. The van der Waals surface area contributed by atoms with E-state index < -0.39 is 10.0 Å². The lowest BCUT2D eigenvalue weighted by Crippen LogP contribution is -2.41. The molecular formula is C26H29ClN2O3S2. The lowest BCUT2D eigenvalue weighted by Gasteiger charge is -2.25. The van der Waals surface area contributed by atoms with Gasteiger partial charge < -0.3 is 5.32 Å². The number of amides is 1. The van der Waals surface area contributed by atoms with Crippen LogP contribution in [0.25, 0.3) is 0 Å². The van der Waals surface area contributed by atoms with E-state index in [2.05, 4.69) is 36.5 Å². The predicted octanol–water partition coefficient (Wildman–Crippen LogP) is 5.51. The Balaban J connectivity index is 1.67. The van der Waals surface area contributed by atoms with E-state index in [-0.39, 0.29) is 17.3 Å². The molecule has 0 bridgehead atoms. The van der Waals surface area contributed by atoms with Crippen molar-refractivity contribution >= 4 is 45.0 Å². The third-order valence-electron chi connectivity index (χ3n) is 5.43. The van der Waals surface area contributed by atoms with E-state index in [1.165, 1.54) is 35.4 Å². The minimum Gasteiger partial charge on any atom is -0.354 e. The van der Waals surface area contributed by atoms with Crippen LogP contribution in [0.5, 0.6) is 0 Å². The zero-order valence-corrected chi connectivity index (χ0v) is 21.9. The van der Waals surface area contributed by atoms with Gasteiger partial charge in [0.05, 0.1) is 10.6 Å². The first-order valence-corrected chi connectivity index (χ1v) is 13.9. The Morgan fingerprint density at radius 2 is 1.62 bits per heavy atom. The number of halogens is 1. The van der Waals surface area contributed by atoms with Crippen molar-refractivity contribution in [1.82, 2.24) is 5.32 Å². The minimum absolute atomic E-state index is 0.0802. The van der Waals surface area contributed by atoms with E-state index in [1.54, 1.807) is 23.9 Å². The second-order valence-corrected chi connectivity index (χ2v) is 11.5. The highest BCUT2D eigenvalue weighted by molar-refractivity contribution is 7.98. The number of carbonyl (C=O) groups excluding carboxylic acids is 1. The zero-order chi connectivity index (χ0) is 24.7. The van der Waals surface area contributed by atoms with Crippen LogP contribution in [0, 0.1) is 20.8 Å². The van der Waals surface area contributed by atoms with Gasteiger partial charge in [-0.25, -0.2) is 8.42 Å². The molecule has 3 aromatic carbocycles. The number of rotatable bonds is 10. The molecule has 3 rings (SSSR count). The Hall–Kier alpha value is -2.48. The molecule has 0 aliphatic heterocycles. The molecule has 0 saturated carbocycles. The molecule has 0 saturated heterocycles. The normalized spacial score (nSPS) is 11.3. The van der Waals surface area contributed by atoms with E-state index >= 15 is 0 Å². The smallest absolute Gasteiger partial charge is 0.264 e. The molecule has 0 spiro atoms. The zero-order valence-electron chi connectivity index (χ0n) is 19.5. The summed E-state index contributed by atoms with van der Waals surface area (Å²) in [5.41, 5.74) is 4.89. The van der Waals surface area contributed by atoms with Gasteiger partial charge in [0.1, 0.15) is 6.54 Å². The fourth-order valence-corrected chi connectivity index (χ4v) is 5.61. The van der Waals surface area contributed by atoms with Crippen LogP contribution in [-0.4, -0.2) is 33.2 Å². The van der Waals surface area contributed by atoms with Crippen molar-refractivity contribution in [2.45, 2.75) is 31.4 Å². The number of hydrogen-bond donors (Lipinski definition) is 1. The van der Waals surface area contributed by atoms with Crippen LogP contribution in [0.2, 0.25) is 5.02 Å². The maximum Gasteiger partial charge on any atom is 0.264 e. The van der Waals surface area contributed by atoms with E-state index in [9.17, 15) is 13.2 Å². The number of carbonyl (C=O) groups is 1. The molecule has 0 heterocycles. The molecule has 8 heteroatoms. The first-order chi connectivity index (χ1) is 16.2. The molecule has 0 fully saturated rings. The minimum atomic E-state index is -3.96. The maximum atomic E-state index is 13.4. The van der Waals surface area contributed by atoms with Gasteiger partial charge in [0.15, 0.2) is 0 Å². The van der Waals surface area contributed by atoms with Gasteiger partial charge in [0.25, 0.3) is 10.0 Å². The van der Waals surface area contributed by atoms with Crippen LogP contribution in [0.4, 0.5) is 5.69 Å². The van der Waals surface area contributed by atoms with Crippen molar-refractivity contribution in [3.63, 3.8) is 0 Å². The van der Waals surface area contributed by atoms with Gasteiger partial charge in [-0.05, 0) is 73.9 Å². The van der Waals surface area contributed by atoms with Crippen molar-refractivity contribution in [1.29, 1.82) is 0 Å². The highest BCUT2D eigenvalue weighted by Crippen LogP contribution is 2.26. The van der Waals surface area contributed by atoms with E-state index in [0.29, 0.717) is 17.3 Å². The van der Waals surface area contributed by atoms with Gasteiger partial charge in [-0.15, -0.1) is 0 Å². The monoisotopic (exact) mass is 516 g/mol. The molecule has 1 amide bonds. The first kappa shape index (κ1) is 26.1. The Kier molecular flexibility index (Phi) is 9.05. The van der Waals surface area contributed by atoms with Crippen molar-refractivity contribution < 1.29 is 13.2 Å². The Morgan fingerprint density at radius 3 is 2.26 bits per heavy atom. The molecule has 180 valence electrons. The Morgan fingerprint density at radius 1 is 0.941 bits per heavy atom. The molecule has 0 aliphatic rings. The second kappa shape index (κ2) is 11.8. The van der Waals surface area contributed by atoms with Crippen LogP contribution in [0.1, 0.15) is 22.3 Å². The lowest BCUT2D eigenvalue weighted by atomic mass is 10.1. The van der Waals surface area contributed by atoms with Crippen LogP contribution in [-0.2, 0) is 20.6 Å². The largest absolute Gasteiger partial charge is 0.354 e. The number of thioether (sulfide) groups is 1. The highest BCUT2D eigenvalue weighted by atomic mass is 35.5. The average Bonchev–Trinajstić information content (AvgIpc) is 2.80. The average molecular weight is 517 g/mol. The van der Waals surface area contributed by atoms with Crippen molar-refractivity contribution in [2.24, 2.45) is 0 Å². The lowest BCUT2D eigenvalue weighted by molar-refractivity contribution is -0.119. The van der Waals surface area contributed by atoms with E-state index in [4.69, 9.17) is 11.6 Å². The summed E-state index contributed by atoms with van der Waals surface area (Å²) in [5, 5.41) is 3.29. The molecular weight excluding hydrogens is 488 g/mol. The van der Waals surface area contributed by atoms with Crippen LogP contribution >= 0.6 is 23.4 Å². The molecule has 1 N–H and O–H groups in total. The van der Waals surface area contributed by atoms with E-state index in [1.807, 2.05) is 19.9 Å². The van der Waals surface area contributed by atoms with Gasteiger partial charge in [0, 0.05) is 23.1 Å². The third-order valence-corrected chi connectivity index (χ3v) is 8.50. The summed E-state index contributed by atoms with van der Waals surface area (Å²) in [4.78, 5) is 12.8. The van der Waals surface area contributed by atoms with Crippen LogP contribution in [0.3, 0.4) is 0 Å². The van der Waals surface area contributed by atoms with Crippen LogP contribution < -0.4 is 9.62 Å². The fraction of sp³-hybridized carbons (Fsp3) is 0.269. The maximum absolute atomic E-state index is 13.4. The van der Waals surface area contributed by atoms with Crippen molar-refractivity contribution in [3.8, 4) is 0 Å². The Labute approximate surface area is 211 Å². The van der Waals surface area contributed by atoms with Gasteiger partial charge in [0.2, 0.25) is 5.91 Å². The molecule has 0 radical (unpaired) electrons. The molecule has 3 aromatic rings. The predicted molar refractivity (Wildman–Crippen MR) is 142 cm³/mol. The quantitative estimate of drug-likeness (QED) is 0.361. The number of anilines is 1. The van der Waals surface area contributed by atoms with Crippen LogP contribution in [0.15, 0.2) is 71.6 Å². The SMILES string of the molecule is Cc1ccc(CSCCNC(=O)CN(c2ccc(C)c(C)c2)S(=O)(=O)c2ccc(Cl)cc2)cc1. The summed E-state index contributed by atoms with van der Waals surface area (Å²) < 4.78 is 28.0. The molecule has 0 aliphatic carbocycles. The fourth-order valence-electron chi connectivity index (χ4n) is 3.25. The third kappa shape index (κ3) is 7.01. The summed E-state index contributed by atoms with van der Waals surface area (Å²) in [6.45, 7) is 6.07. The molecule has 0 unspecified atom stereocenters. The standard InChI is InChI=1S/C26H29ClN2O3S2/c1-19-4-7-22(8-5-19)18-33-15-14-28-26(30)17-29(24-11-6-20(2)21(3)16-24)34(31,32)25-12-9-23(27)10-13-25/h4-13,16H,14-15,17-18H2,1-3H3,(H,28,30). The van der Waals surface area contributed by atoms with Gasteiger partial charge in [-0.1, -0.05) is 47.5 Å². The van der Waals surface area contributed by atoms with E-state index in [0.717, 1.165) is 26.9 Å².